The summed E-state index contributed by atoms with van der Waals surface area (Å²) in [6.07, 6.45) is 2.23. The number of rotatable bonds is 6. The normalized spacial score (nSPS) is 10.2. The van der Waals surface area contributed by atoms with Crippen LogP contribution < -0.4 is 10.6 Å². The van der Waals surface area contributed by atoms with E-state index in [9.17, 15) is 10.1 Å². The van der Waals surface area contributed by atoms with E-state index in [-0.39, 0.29) is 11.5 Å². The number of pyridine rings is 1. The van der Waals surface area contributed by atoms with E-state index in [1.807, 2.05) is 6.07 Å². The van der Waals surface area contributed by atoms with Gasteiger partial charge in [0.05, 0.1) is 11.2 Å². The fourth-order valence-electron chi connectivity index (χ4n) is 1.63. The van der Waals surface area contributed by atoms with Crippen molar-refractivity contribution in [3.05, 3.63) is 46.4 Å². The molecule has 0 aliphatic carbocycles. The number of nitrogens with one attached hydrogen (secondary N) is 2. The monoisotopic (exact) mass is 262 g/mol. The van der Waals surface area contributed by atoms with E-state index in [1.54, 1.807) is 25.4 Å². The first-order valence-corrected chi connectivity index (χ1v) is 5.80. The first-order chi connectivity index (χ1) is 9.20. The lowest BCUT2D eigenvalue weighted by Gasteiger charge is -2.07. The van der Waals surface area contributed by atoms with Crippen LogP contribution in [0.4, 0.5) is 17.3 Å². The third-order valence-electron chi connectivity index (χ3n) is 2.57. The summed E-state index contributed by atoms with van der Waals surface area (Å²) in [5, 5.41) is 16.7. The summed E-state index contributed by atoms with van der Waals surface area (Å²) in [5.41, 5.74) is -0.0431. The van der Waals surface area contributed by atoms with Gasteiger partial charge in [-0.25, -0.2) is 4.98 Å². The third-order valence-corrected chi connectivity index (χ3v) is 2.57. The maximum atomic E-state index is 10.9. The minimum Gasteiger partial charge on any atom is -0.469 e. The van der Waals surface area contributed by atoms with Crippen molar-refractivity contribution in [2.24, 2.45) is 0 Å². The van der Waals surface area contributed by atoms with Crippen molar-refractivity contribution in [1.29, 1.82) is 0 Å². The summed E-state index contributed by atoms with van der Waals surface area (Å²) in [6, 6.07) is 6.65. The van der Waals surface area contributed by atoms with Gasteiger partial charge in [-0.2, -0.15) is 0 Å². The van der Waals surface area contributed by atoms with Crippen molar-refractivity contribution in [2.45, 2.75) is 6.42 Å². The Morgan fingerprint density at radius 2 is 2.26 bits per heavy atom. The van der Waals surface area contributed by atoms with Crippen LogP contribution in [0.5, 0.6) is 0 Å². The van der Waals surface area contributed by atoms with Gasteiger partial charge in [0.1, 0.15) is 11.6 Å². The van der Waals surface area contributed by atoms with Crippen molar-refractivity contribution >= 4 is 17.3 Å². The van der Waals surface area contributed by atoms with Gasteiger partial charge in [0, 0.05) is 26.1 Å². The number of hydrogen-bond acceptors (Lipinski definition) is 6. The fraction of sp³-hybridized carbons (Fsp3) is 0.250. The minimum absolute atomic E-state index is 0.0431. The molecule has 2 heterocycles. The van der Waals surface area contributed by atoms with Crippen LogP contribution >= 0.6 is 0 Å². The van der Waals surface area contributed by atoms with E-state index < -0.39 is 4.92 Å². The maximum Gasteiger partial charge on any atom is 0.311 e. The van der Waals surface area contributed by atoms with Gasteiger partial charge in [-0.1, -0.05) is 0 Å². The lowest BCUT2D eigenvalue weighted by atomic mass is 10.3. The molecule has 0 spiro atoms. The summed E-state index contributed by atoms with van der Waals surface area (Å²) in [4.78, 5) is 14.6. The average Bonchev–Trinajstić information content (AvgIpc) is 2.91. The van der Waals surface area contributed by atoms with E-state index in [0.29, 0.717) is 18.8 Å². The molecule has 2 rings (SSSR count). The molecule has 0 fully saturated rings. The third kappa shape index (κ3) is 3.21. The largest absolute Gasteiger partial charge is 0.469 e. The van der Waals surface area contributed by atoms with Crippen molar-refractivity contribution in [1.82, 2.24) is 4.98 Å². The van der Waals surface area contributed by atoms with Crippen molar-refractivity contribution < 1.29 is 9.34 Å². The van der Waals surface area contributed by atoms with Crippen molar-refractivity contribution in [3.8, 4) is 0 Å². The molecule has 7 heteroatoms. The molecule has 2 aromatic rings. The highest BCUT2D eigenvalue weighted by Gasteiger charge is 2.15. The average molecular weight is 262 g/mol. The van der Waals surface area contributed by atoms with Gasteiger partial charge in [0.15, 0.2) is 0 Å². The van der Waals surface area contributed by atoms with Crippen LogP contribution in [0.1, 0.15) is 5.76 Å². The van der Waals surface area contributed by atoms with Gasteiger partial charge < -0.3 is 15.1 Å². The molecule has 2 aromatic heterocycles. The maximum absolute atomic E-state index is 10.9. The molecule has 0 aromatic carbocycles. The Labute approximate surface area is 109 Å². The highest BCUT2D eigenvalue weighted by molar-refractivity contribution is 5.60. The molecule has 0 atom stereocenters. The molecule has 19 heavy (non-hydrogen) atoms. The molecule has 0 aliphatic heterocycles. The summed E-state index contributed by atoms with van der Waals surface area (Å²) in [6.45, 7) is 0.508. The number of hydrogen-bond donors (Lipinski definition) is 2. The highest BCUT2D eigenvalue weighted by atomic mass is 16.6. The van der Waals surface area contributed by atoms with Gasteiger partial charge in [0.2, 0.25) is 5.82 Å². The summed E-state index contributed by atoms with van der Waals surface area (Å²) >= 11 is 0. The second-order valence-electron chi connectivity index (χ2n) is 3.83. The number of aromatic nitrogens is 1. The zero-order chi connectivity index (χ0) is 13.7. The number of nitrogens with zero attached hydrogens (tertiary/aromatic N) is 2. The molecule has 2 N–H and O–H groups in total. The Morgan fingerprint density at radius 1 is 1.42 bits per heavy atom. The quantitative estimate of drug-likeness (QED) is 0.612. The second-order valence-corrected chi connectivity index (χ2v) is 3.83. The van der Waals surface area contributed by atoms with Crippen molar-refractivity contribution in [2.75, 3.05) is 24.2 Å². The van der Waals surface area contributed by atoms with Gasteiger partial charge >= 0.3 is 5.69 Å². The first kappa shape index (κ1) is 12.9. The lowest BCUT2D eigenvalue weighted by molar-refractivity contribution is -0.384. The Bertz CT molecular complexity index is 554. The summed E-state index contributed by atoms with van der Waals surface area (Å²) in [5.74, 6) is 1.65. The molecule has 0 aliphatic rings. The van der Waals surface area contributed by atoms with Gasteiger partial charge in [-0.15, -0.1) is 0 Å². The predicted molar refractivity (Wildman–Crippen MR) is 71.3 cm³/mol. The van der Waals surface area contributed by atoms with Crippen LogP contribution in [0.15, 0.2) is 34.9 Å². The fourth-order valence-corrected chi connectivity index (χ4v) is 1.63. The topological polar surface area (TPSA) is 93.2 Å². The smallest absolute Gasteiger partial charge is 0.311 e. The number of nitro groups is 1. The van der Waals surface area contributed by atoms with Crippen LogP contribution in [0.2, 0.25) is 0 Å². The molecule has 0 amide bonds. The van der Waals surface area contributed by atoms with E-state index in [0.717, 1.165) is 5.76 Å². The van der Waals surface area contributed by atoms with Gasteiger partial charge in [-0.3, -0.25) is 10.1 Å². The second kappa shape index (κ2) is 5.85. The number of furan rings is 1. The molecular formula is C12H14N4O3. The zero-order valence-corrected chi connectivity index (χ0v) is 10.4. The Kier molecular flexibility index (Phi) is 3.97. The van der Waals surface area contributed by atoms with Gasteiger partial charge in [-0.05, 0) is 18.2 Å². The molecule has 0 bridgehead atoms. The highest BCUT2D eigenvalue weighted by Crippen LogP contribution is 2.23. The first-order valence-electron chi connectivity index (χ1n) is 5.80. The lowest BCUT2D eigenvalue weighted by Crippen LogP contribution is -2.09. The van der Waals surface area contributed by atoms with Crippen LogP contribution in [0.25, 0.3) is 0 Å². The summed E-state index contributed by atoms with van der Waals surface area (Å²) in [7, 11) is 1.71. The zero-order valence-electron chi connectivity index (χ0n) is 10.4. The number of anilines is 2. The van der Waals surface area contributed by atoms with Crippen LogP contribution in [-0.2, 0) is 6.42 Å². The molecule has 0 unspecified atom stereocenters. The van der Waals surface area contributed by atoms with E-state index in [1.165, 1.54) is 6.07 Å². The van der Waals surface area contributed by atoms with Gasteiger partial charge in [0.25, 0.3) is 0 Å². The summed E-state index contributed by atoms with van der Waals surface area (Å²) < 4.78 is 5.19. The Hall–Kier alpha value is -2.57. The van der Waals surface area contributed by atoms with E-state index in [2.05, 4.69) is 15.6 Å². The molecule has 100 valence electrons. The van der Waals surface area contributed by atoms with E-state index >= 15 is 0 Å². The predicted octanol–water partition coefficient (Wildman–Crippen LogP) is 2.28. The molecule has 0 saturated carbocycles. The van der Waals surface area contributed by atoms with Crippen molar-refractivity contribution in [3.63, 3.8) is 0 Å². The SMILES string of the molecule is CNc1ccc([N+](=O)[O-])c(NCCc2ccco2)n1. The van der Waals surface area contributed by atoms with Crippen LogP contribution in [-0.4, -0.2) is 23.5 Å². The molecular weight excluding hydrogens is 248 g/mol. The molecule has 7 nitrogen and oxygen atoms in total. The molecule has 0 saturated heterocycles. The van der Waals surface area contributed by atoms with E-state index in [4.69, 9.17) is 4.42 Å². The standard InChI is InChI=1S/C12H14N4O3/c1-13-11-5-4-10(16(17)18)12(15-11)14-7-6-9-3-2-8-19-9/h2-5,8H,6-7H2,1H3,(H2,13,14,15). The Balaban J connectivity index is 2.06. The minimum atomic E-state index is -0.457. The Morgan fingerprint density at radius 3 is 2.89 bits per heavy atom. The molecule has 0 radical (unpaired) electrons. The van der Waals surface area contributed by atoms with Crippen LogP contribution in [0, 0.1) is 10.1 Å². The van der Waals surface area contributed by atoms with Crippen LogP contribution in [0.3, 0.4) is 0 Å².